The Kier molecular flexibility index (Phi) is 7.15. The van der Waals surface area contributed by atoms with Gasteiger partial charge in [0.05, 0.1) is 0 Å². The first kappa shape index (κ1) is 31.0. The van der Waals surface area contributed by atoms with Crippen LogP contribution in [-0.4, -0.2) is 4.98 Å². The van der Waals surface area contributed by atoms with E-state index < -0.39 is 0 Å². The van der Waals surface area contributed by atoms with Crippen LogP contribution in [0.2, 0.25) is 0 Å². The van der Waals surface area contributed by atoms with E-state index in [4.69, 9.17) is 0 Å². The first-order valence-corrected chi connectivity index (χ1v) is 17.8. The summed E-state index contributed by atoms with van der Waals surface area (Å²) in [6.45, 7) is 11.1. The zero-order chi connectivity index (χ0) is 34.9. The summed E-state index contributed by atoms with van der Waals surface area (Å²) in [6, 6.07) is 56.0. The van der Waals surface area contributed by atoms with Gasteiger partial charge in [-0.25, -0.2) is 0 Å². The number of H-pyrrole nitrogens is 1. The Balaban J connectivity index is 1.20. The average Bonchev–Trinajstić information content (AvgIpc) is 3.62. The molecule has 51 heavy (non-hydrogen) atoms. The predicted octanol–water partition coefficient (Wildman–Crippen LogP) is 13.5. The highest BCUT2D eigenvalue weighted by molar-refractivity contribution is 6.10. The van der Waals surface area contributed by atoms with Crippen LogP contribution < -0.4 is 9.80 Å². The standard InChI is InChI=1S/C48H41N3/c1-31-10-16-34(17-11-31)50(35-18-12-32(2)13-19-35)37-23-26-46-42(28-37)43-29-38(24-27-47(43)49-46)51(36-20-14-33(3)15-21-36)39-22-25-41-40-8-6-7-9-44(40)48(4,5)45(41)30-39/h6-30,49H,1-5H3. The molecule has 1 aliphatic carbocycles. The lowest BCUT2D eigenvalue weighted by atomic mass is 9.82. The van der Waals surface area contributed by atoms with Crippen LogP contribution in [0.25, 0.3) is 32.9 Å². The molecule has 0 aliphatic heterocycles. The summed E-state index contributed by atoms with van der Waals surface area (Å²) >= 11 is 0. The molecular weight excluding hydrogens is 619 g/mol. The molecule has 0 atom stereocenters. The largest absolute Gasteiger partial charge is 0.355 e. The predicted molar refractivity (Wildman–Crippen MR) is 217 cm³/mol. The van der Waals surface area contributed by atoms with Crippen molar-refractivity contribution < 1.29 is 0 Å². The molecule has 0 saturated carbocycles. The van der Waals surface area contributed by atoms with Crippen LogP contribution in [0.5, 0.6) is 0 Å². The lowest BCUT2D eigenvalue weighted by molar-refractivity contribution is 0.660. The second kappa shape index (κ2) is 11.8. The van der Waals surface area contributed by atoms with Crippen LogP contribution in [0.3, 0.4) is 0 Å². The van der Waals surface area contributed by atoms with E-state index in [2.05, 4.69) is 201 Å². The van der Waals surface area contributed by atoms with E-state index in [1.807, 2.05) is 0 Å². The molecular formula is C48H41N3. The molecule has 0 radical (unpaired) electrons. The fraction of sp³-hybridized carbons (Fsp3) is 0.125. The molecule has 8 aromatic rings. The van der Waals surface area contributed by atoms with Crippen LogP contribution in [0.4, 0.5) is 34.1 Å². The van der Waals surface area contributed by atoms with Crippen molar-refractivity contribution in [2.24, 2.45) is 0 Å². The van der Waals surface area contributed by atoms with Gasteiger partial charge in [0.25, 0.3) is 0 Å². The maximum atomic E-state index is 3.71. The van der Waals surface area contributed by atoms with Gasteiger partial charge in [-0.05, 0) is 128 Å². The third-order valence-electron chi connectivity index (χ3n) is 10.8. The molecule has 0 bridgehead atoms. The number of aromatic amines is 1. The Morgan fingerprint density at radius 1 is 0.392 bits per heavy atom. The number of fused-ring (bicyclic) bond motifs is 6. The van der Waals surface area contributed by atoms with Crippen LogP contribution >= 0.6 is 0 Å². The third-order valence-corrected chi connectivity index (χ3v) is 10.8. The summed E-state index contributed by atoms with van der Waals surface area (Å²) in [6.07, 6.45) is 0. The Hall–Kier alpha value is -6.06. The number of hydrogen-bond acceptors (Lipinski definition) is 2. The maximum Gasteiger partial charge on any atom is 0.0469 e. The summed E-state index contributed by atoms with van der Waals surface area (Å²) in [5.41, 5.74) is 18.1. The van der Waals surface area contributed by atoms with Gasteiger partial charge in [0.2, 0.25) is 0 Å². The molecule has 1 aromatic heterocycles. The Labute approximate surface area is 300 Å². The van der Waals surface area contributed by atoms with Gasteiger partial charge < -0.3 is 14.8 Å². The maximum absolute atomic E-state index is 3.71. The van der Waals surface area contributed by atoms with Gasteiger partial charge in [0.1, 0.15) is 0 Å². The fourth-order valence-electron chi connectivity index (χ4n) is 7.96. The number of anilines is 6. The monoisotopic (exact) mass is 659 g/mol. The molecule has 0 fully saturated rings. The minimum atomic E-state index is -0.0845. The summed E-state index contributed by atoms with van der Waals surface area (Å²) in [5.74, 6) is 0. The molecule has 1 N–H and O–H groups in total. The van der Waals surface area contributed by atoms with E-state index in [0.29, 0.717) is 0 Å². The number of nitrogens with zero attached hydrogens (tertiary/aromatic N) is 2. The Morgan fingerprint density at radius 2 is 0.784 bits per heavy atom. The van der Waals surface area contributed by atoms with E-state index in [0.717, 1.165) is 45.2 Å². The minimum absolute atomic E-state index is 0.0845. The quantitative estimate of drug-likeness (QED) is 0.192. The zero-order valence-corrected chi connectivity index (χ0v) is 29.8. The first-order valence-electron chi connectivity index (χ1n) is 17.8. The average molecular weight is 660 g/mol. The zero-order valence-electron chi connectivity index (χ0n) is 29.8. The van der Waals surface area contributed by atoms with Crippen LogP contribution in [0.1, 0.15) is 41.7 Å². The van der Waals surface area contributed by atoms with Crippen molar-refractivity contribution in [1.29, 1.82) is 0 Å². The topological polar surface area (TPSA) is 22.3 Å². The van der Waals surface area contributed by atoms with Crippen molar-refractivity contribution in [2.75, 3.05) is 9.80 Å². The highest BCUT2D eigenvalue weighted by Gasteiger charge is 2.35. The van der Waals surface area contributed by atoms with Gasteiger partial charge in [0, 0.05) is 61.3 Å². The van der Waals surface area contributed by atoms with Crippen LogP contribution in [0.15, 0.2) is 152 Å². The summed E-state index contributed by atoms with van der Waals surface area (Å²) in [4.78, 5) is 8.47. The molecule has 0 unspecified atom stereocenters. The Morgan fingerprint density at radius 3 is 1.29 bits per heavy atom. The SMILES string of the molecule is Cc1ccc(N(c2ccc(C)cc2)c2ccc3[nH]c4ccc(N(c5ccc(C)cc5)c5ccc6c(c5)C(C)(C)c5ccccc5-6)cc4c3c2)cc1. The molecule has 7 aromatic carbocycles. The second-order valence-electron chi connectivity index (χ2n) is 14.7. The van der Waals surface area contributed by atoms with Crippen molar-refractivity contribution >= 4 is 55.9 Å². The normalized spacial score (nSPS) is 13.0. The van der Waals surface area contributed by atoms with Crippen molar-refractivity contribution in [3.05, 3.63) is 179 Å². The second-order valence-corrected chi connectivity index (χ2v) is 14.7. The van der Waals surface area contributed by atoms with Gasteiger partial charge in [-0.1, -0.05) is 97.3 Å². The third kappa shape index (κ3) is 5.20. The molecule has 248 valence electrons. The van der Waals surface area contributed by atoms with Gasteiger partial charge in [-0.15, -0.1) is 0 Å². The highest BCUT2D eigenvalue weighted by Crippen LogP contribution is 2.51. The molecule has 1 heterocycles. The van der Waals surface area contributed by atoms with E-state index >= 15 is 0 Å². The van der Waals surface area contributed by atoms with Crippen molar-refractivity contribution in [3.8, 4) is 11.1 Å². The number of benzene rings is 7. The molecule has 0 amide bonds. The first-order chi connectivity index (χ1) is 24.7. The number of aryl methyl sites for hydroxylation is 3. The Bertz CT molecular complexity index is 2530. The number of rotatable bonds is 6. The van der Waals surface area contributed by atoms with Gasteiger partial charge in [0.15, 0.2) is 0 Å². The number of nitrogens with one attached hydrogen (secondary N) is 1. The lowest BCUT2D eigenvalue weighted by Crippen LogP contribution is -2.16. The highest BCUT2D eigenvalue weighted by atomic mass is 15.1. The van der Waals surface area contributed by atoms with Crippen molar-refractivity contribution in [1.82, 2.24) is 4.98 Å². The van der Waals surface area contributed by atoms with E-state index in [9.17, 15) is 0 Å². The molecule has 3 heteroatoms. The molecule has 0 spiro atoms. The van der Waals surface area contributed by atoms with E-state index in [-0.39, 0.29) is 5.41 Å². The van der Waals surface area contributed by atoms with Gasteiger partial charge in [-0.3, -0.25) is 0 Å². The molecule has 9 rings (SSSR count). The molecule has 1 aliphatic rings. The van der Waals surface area contributed by atoms with Gasteiger partial charge in [-0.2, -0.15) is 0 Å². The van der Waals surface area contributed by atoms with E-state index in [1.165, 1.54) is 49.7 Å². The van der Waals surface area contributed by atoms with Crippen LogP contribution in [-0.2, 0) is 5.41 Å². The summed E-state index contributed by atoms with van der Waals surface area (Å²) < 4.78 is 0. The minimum Gasteiger partial charge on any atom is -0.355 e. The van der Waals surface area contributed by atoms with E-state index in [1.54, 1.807) is 0 Å². The molecule has 0 saturated heterocycles. The number of aromatic nitrogens is 1. The summed E-state index contributed by atoms with van der Waals surface area (Å²) in [5, 5.41) is 2.39. The fourth-order valence-corrected chi connectivity index (χ4v) is 7.96. The number of hydrogen-bond donors (Lipinski definition) is 1. The lowest BCUT2D eigenvalue weighted by Gasteiger charge is -2.28. The van der Waals surface area contributed by atoms with Crippen molar-refractivity contribution in [2.45, 2.75) is 40.0 Å². The van der Waals surface area contributed by atoms with Crippen LogP contribution in [0, 0.1) is 20.8 Å². The van der Waals surface area contributed by atoms with Gasteiger partial charge >= 0.3 is 0 Å². The smallest absolute Gasteiger partial charge is 0.0469 e. The molecule has 3 nitrogen and oxygen atoms in total. The van der Waals surface area contributed by atoms with Crippen molar-refractivity contribution in [3.63, 3.8) is 0 Å². The summed E-state index contributed by atoms with van der Waals surface area (Å²) in [7, 11) is 0.